The lowest BCUT2D eigenvalue weighted by Crippen LogP contribution is -2.13. The molecule has 1 aliphatic rings. The maximum Gasteiger partial charge on any atom is -0.0326 e. The Morgan fingerprint density at radius 1 is 1.09 bits per heavy atom. The lowest BCUT2D eigenvalue weighted by molar-refractivity contribution is 0.278. The third-order valence-electron chi connectivity index (χ3n) is 2.96. The molecule has 0 heteroatoms. The van der Waals surface area contributed by atoms with E-state index in [1.165, 1.54) is 12.8 Å². The van der Waals surface area contributed by atoms with Crippen LogP contribution in [0.25, 0.3) is 0 Å². The standard InChI is InChI=1S/C9H18.C2H6/c1-7-5-8(2)9(3,4)6-7;1-2/h7-8H,5-6H2,1-4H3;1-2H3. The largest absolute Gasteiger partial charge is 0.0683 e. The van der Waals surface area contributed by atoms with E-state index < -0.39 is 0 Å². The molecule has 1 saturated carbocycles. The Balaban J connectivity index is 0.000000461. The molecule has 0 aromatic carbocycles. The van der Waals surface area contributed by atoms with Crippen LogP contribution in [0.4, 0.5) is 0 Å². The van der Waals surface area contributed by atoms with Crippen molar-refractivity contribution in [3.8, 4) is 0 Å². The van der Waals surface area contributed by atoms with E-state index in [1.54, 1.807) is 0 Å². The molecule has 1 aliphatic carbocycles. The molecule has 0 aromatic heterocycles. The Bertz CT molecular complexity index is 103. The fourth-order valence-electron chi connectivity index (χ4n) is 2.11. The van der Waals surface area contributed by atoms with E-state index in [4.69, 9.17) is 0 Å². The Hall–Kier alpha value is 0. The summed E-state index contributed by atoms with van der Waals surface area (Å²) >= 11 is 0. The van der Waals surface area contributed by atoms with E-state index in [0.717, 1.165) is 11.8 Å². The first-order valence-electron chi connectivity index (χ1n) is 5.02. The van der Waals surface area contributed by atoms with Crippen molar-refractivity contribution in [3.63, 3.8) is 0 Å². The minimum atomic E-state index is 0.624. The first kappa shape index (κ1) is 11.0. The summed E-state index contributed by atoms with van der Waals surface area (Å²) < 4.78 is 0. The Morgan fingerprint density at radius 2 is 1.55 bits per heavy atom. The molecule has 11 heavy (non-hydrogen) atoms. The van der Waals surface area contributed by atoms with Crippen LogP contribution in [-0.2, 0) is 0 Å². The first-order chi connectivity index (χ1) is 5.02. The van der Waals surface area contributed by atoms with E-state index >= 15 is 0 Å². The fourth-order valence-corrected chi connectivity index (χ4v) is 2.11. The summed E-state index contributed by atoms with van der Waals surface area (Å²) in [7, 11) is 0. The van der Waals surface area contributed by atoms with E-state index in [0.29, 0.717) is 5.41 Å². The summed E-state index contributed by atoms with van der Waals surface area (Å²) in [5.41, 5.74) is 0.624. The van der Waals surface area contributed by atoms with Gasteiger partial charge in [0, 0.05) is 0 Å². The quantitative estimate of drug-likeness (QED) is 0.495. The second kappa shape index (κ2) is 4.13. The third kappa shape index (κ3) is 2.84. The third-order valence-corrected chi connectivity index (χ3v) is 2.96. The zero-order valence-electron chi connectivity index (χ0n) is 9.07. The van der Waals surface area contributed by atoms with Crippen molar-refractivity contribution < 1.29 is 0 Å². The molecule has 0 bridgehead atoms. The summed E-state index contributed by atoms with van der Waals surface area (Å²) in [6.07, 6.45) is 2.86. The Kier molecular flexibility index (Phi) is 4.13. The Morgan fingerprint density at radius 3 is 1.64 bits per heavy atom. The highest BCUT2D eigenvalue weighted by molar-refractivity contribution is 4.85. The summed E-state index contributed by atoms with van der Waals surface area (Å²) in [5.74, 6) is 1.91. The van der Waals surface area contributed by atoms with Gasteiger partial charge >= 0.3 is 0 Å². The molecule has 68 valence electrons. The van der Waals surface area contributed by atoms with Crippen LogP contribution in [0.5, 0.6) is 0 Å². The molecular weight excluding hydrogens is 132 g/mol. The second-order valence-corrected chi connectivity index (χ2v) is 4.43. The lowest BCUT2D eigenvalue weighted by atomic mass is 9.83. The molecule has 0 N–H and O–H groups in total. The van der Waals surface area contributed by atoms with Gasteiger partial charge in [0.1, 0.15) is 0 Å². The predicted octanol–water partition coefficient (Wildman–Crippen LogP) is 4.10. The molecule has 1 rings (SSSR count). The molecule has 0 radical (unpaired) electrons. The predicted molar refractivity (Wildman–Crippen MR) is 52.7 cm³/mol. The van der Waals surface area contributed by atoms with Crippen LogP contribution in [0.15, 0.2) is 0 Å². The van der Waals surface area contributed by atoms with Crippen molar-refractivity contribution in [1.82, 2.24) is 0 Å². The summed E-state index contributed by atoms with van der Waals surface area (Å²) in [4.78, 5) is 0. The molecule has 1 fully saturated rings. The summed E-state index contributed by atoms with van der Waals surface area (Å²) in [6, 6.07) is 0. The van der Waals surface area contributed by atoms with Crippen LogP contribution in [0.3, 0.4) is 0 Å². The molecule has 0 spiro atoms. The highest BCUT2D eigenvalue weighted by Gasteiger charge is 2.34. The van der Waals surface area contributed by atoms with Crippen LogP contribution >= 0.6 is 0 Å². The van der Waals surface area contributed by atoms with Crippen molar-refractivity contribution in [1.29, 1.82) is 0 Å². The second-order valence-electron chi connectivity index (χ2n) is 4.43. The molecule has 0 amide bonds. The van der Waals surface area contributed by atoms with Crippen molar-refractivity contribution >= 4 is 0 Å². The number of hydrogen-bond donors (Lipinski definition) is 0. The lowest BCUT2D eigenvalue weighted by Gasteiger charge is -2.22. The van der Waals surface area contributed by atoms with Gasteiger partial charge in [0.25, 0.3) is 0 Å². The van der Waals surface area contributed by atoms with E-state index in [2.05, 4.69) is 27.7 Å². The van der Waals surface area contributed by atoms with Crippen LogP contribution in [0.2, 0.25) is 0 Å². The Labute approximate surface area is 72.4 Å². The van der Waals surface area contributed by atoms with E-state index in [1.807, 2.05) is 13.8 Å². The minimum absolute atomic E-state index is 0.624. The van der Waals surface area contributed by atoms with Gasteiger partial charge < -0.3 is 0 Å². The zero-order valence-corrected chi connectivity index (χ0v) is 9.07. The van der Waals surface area contributed by atoms with Crippen molar-refractivity contribution in [2.24, 2.45) is 17.3 Å². The van der Waals surface area contributed by atoms with Gasteiger partial charge in [-0.2, -0.15) is 0 Å². The van der Waals surface area contributed by atoms with Crippen LogP contribution in [0, 0.1) is 17.3 Å². The first-order valence-corrected chi connectivity index (χ1v) is 5.02. The van der Waals surface area contributed by atoms with E-state index in [-0.39, 0.29) is 0 Å². The maximum atomic E-state index is 2.39. The number of hydrogen-bond acceptors (Lipinski definition) is 0. The monoisotopic (exact) mass is 156 g/mol. The molecular formula is C11H24. The summed E-state index contributed by atoms with van der Waals surface area (Å²) in [5, 5.41) is 0. The average molecular weight is 156 g/mol. The highest BCUT2D eigenvalue weighted by Crippen LogP contribution is 2.45. The normalized spacial score (nSPS) is 34.4. The van der Waals surface area contributed by atoms with Crippen molar-refractivity contribution in [3.05, 3.63) is 0 Å². The zero-order chi connectivity index (χ0) is 9.07. The fraction of sp³-hybridized carbons (Fsp3) is 1.00. The van der Waals surface area contributed by atoms with Gasteiger partial charge in [-0.1, -0.05) is 41.5 Å². The van der Waals surface area contributed by atoms with Gasteiger partial charge in [0.15, 0.2) is 0 Å². The van der Waals surface area contributed by atoms with Gasteiger partial charge in [0.2, 0.25) is 0 Å². The topological polar surface area (TPSA) is 0 Å². The molecule has 0 aliphatic heterocycles. The van der Waals surface area contributed by atoms with Crippen molar-refractivity contribution in [2.75, 3.05) is 0 Å². The highest BCUT2D eigenvalue weighted by atomic mass is 14.4. The van der Waals surface area contributed by atoms with Gasteiger partial charge in [0.05, 0.1) is 0 Å². The smallest absolute Gasteiger partial charge is 0.0326 e. The van der Waals surface area contributed by atoms with Crippen LogP contribution in [0.1, 0.15) is 54.4 Å². The maximum absolute atomic E-state index is 2.39. The number of rotatable bonds is 0. The van der Waals surface area contributed by atoms with Gasteiger partial charge in [-0.25, -0.2) is 0 Å². The minimum Gasteiger partial charge on any atom is -0.0683 e. The van der Waals surface area contributed by atoms with Crippen LogP contribution < -0.4 is 0 Å². The van der Waals surface area contributed by atoms with Gasteiger partial charge in [-0.3, -0.25) is 0 Å². The molecule has 0 aromatic rings. The SMILES string of the molecule is CC.CC1CC(C)C(C)(C)C1. The molecule has 0 saturated heterocycles. The molecule has 0 nitrogen and oxygen atoms in total. The molecule has 2 unspecified atom stereocenters. The summed E-state index contributed by atoms with van der Waals surface area (Å²) in [6.45, 7) is 13.5. The average Bonchev–Trinajstić information content (AvgIpc) is 2.10. The van der Waals surface area contributed by atoms with E-state index in [9.17, 15) is 0 Å². The van der Waals surface area contributed by atoms with Gasteiger partial charge in [-0.15, -0.1) is 0 Å². The van der Waals surface area contributed by atoms with Crippen molar-refractivity contribution in [2.45, 2.75) is 54.4 Å². The van der Waals surface area contributed by atoms with Gasteiger partial charge in [-0.05, 0) is 30.1 Å². The molecule has 2 atom stereocenters. The van der Waals surface area contributed by atoms with Crippen LogP contribution in [-0.4, -0.2) is 0 Å². The molecule has 0 heterocycles.